The number of amides is 1. The van der Waals surface area contributed by atoms with E-state index in [1.807, 2.05) is 6.08 Å². The van der Waals surface area contributed by atoms with Crippen LogP contribution >= 0.6 is 0 Å². The number of carbonyl (C=O) groups is 2. The Hall–Kier alpha value is -2.18. The molecular weight excluding hydrogens is 851 g/mol. The molecule has 0 saturated carbocycles. The van der Waals surface area contributed by atoms with E-state index in [-0.39, 0.29) is 18.5 Å². The summed E-state index contributed by atoms with van der Waals surface area (Å²) in [7, 11) is 0. The van der Waals surface area contributed by atoms with Crippen molar-refractivity contribution in [3.8, 4) is 0 Å². The van der Waals surface area contributed by atoms with Gasteiger partial charge < -0.3 is 20.3 Å². The first-order valence-electron chi connectivity index (χ1n) is 30.4. The van der Waals surface area contributed by atoms with Gasteiger partial charge in [0.25, 0.3) is 0 Å². The number of unbranched alkanes of at least 4 members (excludes halogenated alkanes) is 39. The van der Waals surface area contributed by atoms with Crippen molar-refractivity contribution in [3.63, 3.8) is 0 Å². The van der Waals surface area contributed by atoms with Gasteiger partial charge in [-0.15, -0.1) is 0 Å². The van der Waals surface area contributed by atoms with E-state index in [2.05, 4.69) is 55.6 Å². The predicted octanol–water partition coefficient (Wildman–Crippen LogP) is 19.0. The van der Waals surface area contributed by atoms with Crippen LogP contribution in [0.5, 0.6) is 0 Å². The maximum absolute atomic E-state index is 12.4. The van der Waals surface area contributed by atoms with E-state index >= 15 is 0 Å². The number of hydrogen-bond acceptors (Lipinski definition) is 5. The molecule has 0 rings (SSSR count). The zero-order valence-electron chi connectivity index (χ0n) is 46.0. The molecule has 0 aliphatic rings. The number of hydrogen-bond donors (Lipinski definition) is 3. The number of ether oxygens (including phenoxy) is 1. The Morgan fingerprint density at radius 1 is 0.406 bits per heavy atom. The summed E-state index contributed by atoms with van der Waals surface area (Å²) < 4.78 is 5.49. The first-order chi connectivity index (χ1) is 34.0. The molecule has 69 heavy (non-hydrogen) atoms. The average molecular weight is 969 g/mol. The summed E-state index contributed by atoms with van der Waals surface area (Å²) in [4.78, 5) is 24.5. The highest BCUT2D eigenvalue weighted by molar-refractivity contribution is 5.76. The lowest BCUT2D eigenvalue weighted by molar-refractivity contribution is -0.143. The molecule has 0 radical (unpaired) electrons. The van der Waals surface area contributed by atoms with Gasteiger partial charge in [0, 0.05) is 12.8 Å². The lowest BCUT2D eigenvalue weighted by Crippen LogP contribution is -2.45. The molecule has 404 valence electrons. The van der Waals surface area contributed by atoms with E-state index in [4.69, 9.17) is 4.74 Å². The van der Waals surface area contributed by atoms with Crippen LogP contribution in [-0.2, 0) is 14.3 Å². The molecule has 0 aromatic heterocycles. The molecule has 0 fully saturated rings. The zero-order valence-corrected chi connectivity index (χ0v) is 46.0. The Kier molecular flexibility index (Phi) is 56.5. The molecule has 0 aliphatic heterocycles. The summed E-state index contributed by atoms with van der Waals surface area (Å²) in [5, 5.41) is 23.0. The van der Waals surface area contributed by atoms with Gasteiger partial charge in [0.05, 0.1) is 25.4 Å². The number of allylic oxidation sites excluding steroid dienone is 7. The van der Waals surface area contributed by atoms with Crippen molar-refractivity contribution in [2.24, 2.45) is 0 Å². The van der Waals surface area contributed by atoms with Crippen LogP contribution in [0.25, 0.3) is 0 Å². The summed E-state index contributed by atoms with van der Waals surface area (Å²) in [6, 6.07) is -0.630. The van der Waals surface area contributed by atoms with Crippen LogP contribution in [0.3, 0.4) is 0 Å². The molecule has 0 aromatic rings. The van der Waals surface area contributed by atoms with Gasteiger partial charge in [-0.1, -0.05) is 262 Å². The molecule has 0 aromatic carbocycles. The van der Waals surface area contributed by atoms with Crippen LogP contribution < -0.4 is 5.32 Å². The molecule has 0 heterocycles. The fraction of sp³-hybridized carbons (Fsp3) is 0.841. The van der Waals surface area contributed by atoms with Crippen molar-refractivity contribution in [1.82, 2.24) is 5.32 Å². The van der Waals surface area contributed by atoms with Gasteiger partial charge >= 0.3 is 5.97 Å². The number of aliphatic hydroxyl groups is 2. The zero-order chi connectivity index (χ0) is 50.0. The fourth-order valence-electron chi connectivity index (χ4n) is 9.13. The summed E-state index contributed by atoms with van der Waals surface area (Å²) in [5.41, 5.74) is 0. The van der Waals surface area contributed by atoms with Gasteiger partial charge in [0.2, 0.25) is 5.91 Å². The Balaban J connectivity index is 3.40. The van der Waals surface area contributed by atoms with E-state index in [1.54, 1.807) is 6.08 Å². The van der Waals surface area contributed by atoms with Gasteiger partial charge in [-0.2, -0.15) is 0 Å². The first kappa shape index (κ1) is 66.8. The minimum absolute atomic E-state index is 0.00379. The fourth-order valence-corrected chi connectivity index (χ4v) is 9.13. The molecule has 0 bridgehead atoms. The van der Waals surface area contributed by atoms with Crippen molar-refractivity contribution in [1.29, 1.82) is 0 Å². The Morgan fingerprint density at radius 3 is 1.14 bits per heavy atom. The van der Waals surface area contributed by atoms with Gasteiger partial charge in [-0.05, 0) is 89.9 Å². The van der Waals surface area contributed by atoms with Gasteiger partial charge in [-0.3, -0.25) is 9.59 Å². The van der Waals surface area contributed by atoms with Gasteiger partial charge in [0.15, 0.2) is 0 Å². The van der Waals surface area contributed by atoms with Gasteiger partial charge in [0.1, 0.15) is 0 Å². The average Bonchev–Trinajstić information content (AvgIpc) is 3.35. The number of esters is 1. The van der Waals surface area contributed by atoms with Crippen molar-refractivity contribution in [2.75, 3.05) is 13.2 Å². The molecule has 6 nitrogen and oxygen atoms in total. The van der Waals surface area contributed by atoms with Crippen molar-refractivity contribution < 1.29 is 24.5 Å². The Morgan fingerprint density at radius 2 is 0.725 bits per heavy atom. The first-order valence-corrected chi connectivity index (χ1v) is 30.4. The molecule has 0 saturated heterocycles. The lowest BCUT2D eigenvalue weighted by atomic mass is 10.0. The topological polar surface area (TPSA) is 95.9 Å². The molecule has 6 heteroatoms. The summed E-state index contributed by atoms with van der Waals surface area (Å²) in [5.74, 6) is -0.0703. The van der Waals surface area contributed by atoms with Gasteiger partial charge in [-0.25, -0.2) is 0 Å². The van der Waals surface area contributed by atoms with E-state index in [1.165, 1.54) is 238 Å². The van der Waals surface area contributed by atoms with Crippen molar-refractivity contribution >= 4 is 11.9 Å². The van der Waals surface area contributed by atoms with E-state index in [0.29, 0.717) is 19.4 Å². The SMILES string of the molecule is CCCCC/C=C\C/C=C\CCCCCCCCCC(=O)OCCCCCCCCCCCCCC/C=C\CCCCCCCCCCC(=O)NC(CO)C(O)/C=C/CCCCCCCCCCC. The second-order valence-electron chi connectivity index (χ2n) is 20.7. The standard InChI is InChI=1S/C63H117NO5/c1-3-5-7-9-11-13-15-16-17-26-30-33-37-41-45-49-53-57-63(68)69-58-54-50-46-42-38-34-31-28-25-23-21-19-18-20-22-24-27-29-32-36-40-44-48-52-56-62(67)64-60(59-65)61(66)55-51-47-43-39-35-14-12-10-8-6-4-2/h11,13,16-17,20,22,51,55,60-61,65-66H,3-10,12,14-15,18-19,21,23-50,52-54,56-59H2,1-2H3,(H,64,67)/b13-11-,17-16-,22-20-,55-51+. The third kappa shape index (κ3) is 55.0. The Labute approximate surface area is 429 Å². The quantitative estimate of drug-likeness (QED) is 0.0321. The molecule has 2 atom stereocenters. The lowest BCUT2D eigenvalue weighted by Gasteiger charge is -2.20. The molecule has 1 amide bonds. The highest BCUT2D eigenvalue weighted by Crippen LogP contribution is 2.16. The summed E-state index contributed by atoms with van der Waals surface area (Å²) in [6.45, 7) is 4.86. The monoisotopic (exact) mass is 968 g/mol. The minimum atomic E-state index is -0.846. The molecule has 3 N–H and O–H groups in total. The predicted molar refractivity (Wildman–Crippen MR) is 301 cm³/mol. The molecule has 2 unspecified atom stereocenters. The minimum Gasteiger partial charge on any atom is -0.466 e. The molecule has 0 aliphatic carbocycles. The van der Waals surface area contributed by atoms with E-state index in [0.717, 1.165) is 51.4 Å². The van der Waals surface area contributed by atoms with E-state index < -0.39 is 12.1 Å². The van der Waals surface area contributed by atoms with Crippen LogP contribution in [-0.4, -0.2) is 47.4 Å². The highest BCUT2D eigenvalue weighted by Gasteiger charge is 2.18. The van der Waals surface area contributed by atoms with Crippen molar-refractivity contribution in [2.45, 2.75) is 328 Å². The maximum Gasteiger partial charge on any atom is 0.305 e. The second kappa shape index (κ2) is 58.4. The number of nitrogens with one attached hydrogen (secondary N) is 1. The van der Waals surface area contributed by atoms with Crippen LogP contribution in [0.2, 0.25) is 0 Å². The number of rotatable bonds is 56. The van der Waals surface area contributed by atoms with Crippen LogP contribution in [0.4, 0.5) is 0 Å². The third-order valence-electron chi connectivity index (χ3n) is 13.8. The summed E-state index contributed by atoms with van der Waals surface area (Å²) >= 11 is 0. The van der Waals surface area contributed by atoms with Crippen LogP contribution in [0.1, 0.15) is 316 Å². The van der Waals surface area contributed by atoms with E-state index in [9.17, 15) is 19.8 Å². The van der Waals surface area contributed by atoms with Crippen LogP contribution in [0, 0.1) is 0 Å². The van der Waals surface area contributed by atoms with Crippen LogP contribution in [0.15, 0.2) is 48.6 Å². The second-order valence-corrected chi connectivity index (χ2v) is 20.7. The number of aliphatic hydroxyl groups excluding tert-OH is 2. The highest BCUT2D eigenvalue weighted by atomic mass is 16.5. The maximum atomic E-state index is 12.4. The smallest absolute Gasteiger partial charge is 0.305 e. The molecule has 0 spiro atoms. The summed E-state index contributed by atoms with van der Waals surface area (Å²) in [6.07, 6.45) is 74.4. The number of carbonyl (C=O) groups excluding carboxylic acids is 2. The largest absolute Gasteiger partial charge is 0.466 e. The van der Waals surface area contributed by atoms with Crippen molar-refractivity contribution in [3.05, 3.63) is 48.6 Å². The Bertz CT molecular complexity index is 1160. The normalized spacial score (nSPS) is 12.9. The third-order valence-corrected chi connectivity index (χ3v) is 13.8. The molecular formula is C63H117NO5.